The van der Waals surface area contributed by atoms with E-state index in [4.69, 9.17) is 4.74 Å². The Labute approximate surface area is 94.0 Å². The zero-order valence-electron chi connectivity index (χ0n) is 7.09. The van der Waals surface area contributed by atoms with E-state index in [1.54, 1.807) is 6.08 Å². The first-order valence-electron chi connectivity index (χ1n) is 3.50. The van der Waals surface area contributed by atoms with E-state index in [0.717, 1.165) is 0 Å². The van der Waals surface area contributed by atoms with E-state index in [1.165, 1.54) is 34.5 Å². The molecule has 0 atom stereocenters. The minimum absolute atomic E-state index is 0.215. The van der Waals surface area contributed by atoms with Gasteiger partial charge in [-0.3, -0.25) is 0 Å². The predicted molar refractivity (Wildman–Crippen MR) is 49.9 cm³/mol. The summed E-state index contributed by atoms with van der Waals surface area (Å²) < 4.78 is 17.7. The van der Waals surface area contributed by atoms with E-state index in [0.29, 0.717) is 6.61 Å². The summed E-state index contributed by atoms with van der Waals surface area (Å²) in [5.41, 5.74) is 0. The van der Waals surface area contributed by atoms with Gasteiger partial charge in [0.05, 0.1) is 12.4 Å². The second kappa shape index (κ2) is 8.39. The summed E-state index contributed by atoms with van der Waals surface area (Å²) in [6.45, 7) is 3.76. The molecular formula is C9H8BrFOZn. The van der Waals surface area contributed by atoms with Crippen LogP contribution in [0.4, 0.5) is 4.39 Å². The molecule has 0 aliphatic rings. The first-order chi connectivity index (χ1) is 6.34. The summed E-state index contributed by atoms with van der Waals surface area (Å²) in [6, 6.07) is 6.97. The number of hydrogen-bond acceptors (Lipinski definition) is 1. The van der Waals surface area contributed by atoms with Crippen LogP contribution in [0.5, 0.6) is 5.75 Å². The molecule has 0 aliphatic heterocycles. The minimum atomic E-state index is -0.370. The van der Waals surface area contributed by atoms with Gasteiger partial charge in [0, 0.05) is 5.75 Å². The Hall–Kier alpha value is -0.207. The molecule has 0 saturated heterocycles. The Morgan fingerprint density at radius 2 is 2.38 bits per heavy atom. The van der Waals surface area contributed by atoms with Gasteiger partial charge in [-0.25, -0.2) is 4.39 Å². The average Bonchev–Trinajstić information content (AvgIpc) is 2.20. The first kappa shape index (κ1) is 12.8. The SMILES string of the molecule is C=CCOc1c[c-]ccc1F.[Zn+][Br]. The molecule has 0 unspecified atom stereocenters. The molecule has 0 aliphatic carbocycles. The van der Waals surface area contributed by atoms with Crippen molar-refractivity contribution < 1.29 is 25.5 Å². The van der Waals surface area contributed by atoms with Gasteiger partial charge in [0.25, 0.3) is 0 Å². The zero-order valence-corrected chi connectivity index (χ0v) is 11.6. The Kier molecular flexibility index (Phi) is 8.26. The van der Waals surface area contributed by atoms with Gasteiger partial charge in [0.15, 0.2) is 0 Å². The van der Waals surface area contributed by atoms with Crippen LogP contribution >= 0.6 is 13.6 Å². The van der Waals surface area contributed by atoms with Crippen LogP contribution in [0, 0.1) is 11.9 Å². The van der Waals surface area contributed by atoms with Crippen molar-refractivity contribution in [2.24, 2.45) is 0 Å². The maximum absolute atomic E-state index is 12.7. The number of hydrogen-bond donors (Lipinski definition) is 0. The van der Waals surface area contributed by atoms with Gasteiger partial charge in [-0.2, -0.15) is 12.1 Å². The number of benzene rings is 1. The van der Waals surface area contributed by atoms with Gasteiger partial charge >= 0.3 is 30.0 Å². The molecule has 66 valence electrons. The summed E-state index contributed by atoms with van der Waals surface area (Å²) >= 11 is 4.25. The Morgan fingerprint density at radius 1 is 1.69 bits per heavy atom. The molecule has 0 amide bonds. The van der Waals surface area contributed by atoms with Crippen LogP contribution in [0.1, 0.15) is 0 Å². The molecule has 0 bridgehead atoms. The molecule has 0 fully saturated rings. The second-order valence-corrected chi connectivity index (χ2v) is 1.96. The van der Waals surface area contributed by atoms with Crippen molar-refractivity contribution in [3.05, 3.63) is 42.7 Å². The quantitative estimate of drug-likeness (QED) is 0.473. The third-order valence-corrected chi connectivity index (χ3v) is 1.13. The molecule has 0 aromatic heterocycles. The monoisotopic (exact) mass is 294 g/mol. The van der Waals surface area contributed by atoms with Crippen LogP contribution in [0.15, 0.2) is 30.9 Å². The van der Waals surface area contributed by atoms with Gasteiger partial charge in [0.2, 0.25) is 0 Å². The van der Waals surface area contributed by atoms with E-state index >= 15 is 0 Å². The predicted octanol–water partition coefficient (Wildman–Crippen LogP) is 3.03. The van der Waals surface area contributed by atoms with Crippen molar-refractivity contribution in [1.82, 2.24) is 0 Å². The standard InChI is InChI=1S/C9H8FO.BrH.Zn/c1-2-7-11-9-6-4-3-5-8(9)10;;/h2-3,5-6H,1,7H2;1H;/q-1;;+2/p-1. The Bertz CT molecular complexity index is 255. The summed E-state index contributed by atoms with van der Waals surface area (Å²) in [5, 5.41) is 0. The van der Waals surface area contributed by atoms with E-state index in [1.807, 2.05) is 0 Å². The molecule has 0 radical (unpaired) electrons. The average molecular weight is 296 g/mol. The van der Waals surface area contributed by atoms with Crippen LogP contribution in [-0.2, 0) is 16.3 Å². The maximum atomic E-state index is 12.7. The molecule has 1 aromatic carbocycles. The molecule has 1 aromatic rings. The summed E-state index contributed by atoms with van der Waals surface area (Å²) in [4.78, 5) is 0. The van der Waals surface area contributed by atoms with Crippen molar-refractivity contribution in [3.63, 3.8) is 0 Å². The van der Waals surface area contributed by atoms with Crippen LogP contribution in [0.2, 0.25) is 0 Å². The fourth-order valence-corrected chi connectivity index (χ4v) is 0.655. The van der Waals surface area contributed by atoms with Gasteiger partial charge in [-0.15, -0.1) is 12.1 Å². The van der Waals surface area contributed by atoms with Crippen molar-refractivity contribution in [2.45, 2.75) is 0 Å². The summed E-state index contributed by atoms with van der Waals surface area (Å²) in [7, 11) is 0. The first-order valence-corrected chi connectivity index (χ1v) is 10.5. The fraction of sp³-hybridized carbons (Fsp3) is 0.111. The third-order valence-electron chi connectivity index (χ3n) is 1.13. The molecule has 0 spiro atoms. The molecule has 0 N–H and O–H groups in total. The van der Waals surface area contributed by atoms with Gasteiger partial charge in [-0.05, 0) is 0 Å². The topological polar surface area (TPSA) is 9.23 Å². The normalized spacial score (nSPS) is 8.31. The fourth-order valence-electron chi connectivity index (χ4n) is 0.655. The molecule has 4 heteroatoms. The second-order valence-electron chi connectivity index (χ2n) is 1.96. The van der Waals surface area contributed by atoms with Crippen molar-refractivity contribution >= 4 is 13.6 Å². The third kappa shape index (κ3) is 5.17. The number of halogens is 2. The Morgan fingerprint density at radius 3 is 2.92 bits per heavy atom. The van der Waals surface area contributed by atoms with Crippen molar-refractivity contribution in [3.8, 4) is 5.75 Å². The van der Waals surface area contributed by atoms with Gasteiger partial charge < -0.3 is 4.74 Å². The van der Waals surface area contributed by atoms with Crippen LogP contribution in [0.3, 0.4) is 0 Å². The molecule has 1 rings (SSSR count). The van der Waals surface area contributed by atoms with Crippen LogP contribution < -0.4 is 4.74 Å². The molecule has 1 nitrogen and oxygen atoms in total. The van der Waals surface area contributed by atoms with Gasteiger partial charge in [0.1, 0.15) is 0 Å². The molecular weight excluding hydrogens is 288 g/mol. The van der Waals surface area contributed by atoms with E-state index in [-0.39, 0.29) is 11.6 Å². The summed E-state index contributed by atoms with van der Waals surface area (Å²) in [5.74, 6) is -0.155. The molecule has 0 heterocycles. The van der Waals surface area contributed by atoms with Crippen molar-refractivity contribution in [1.29, 1.82) is 0 Å². The number of ether oxygens (including phenoxy) is 1. The van der Waals surface area contributed by atoms with Crippen LogP contribution in [0.25, 0.3) is 0 Å². The molecule has 13 heavy (non-hydrogen) atoms. The van der Waals surface area contributed by atoms with E-state index < -0.39 is 0 Å². The van der Waals surface area contributed by atoms with E-state index in [9.17, 15) is 4.39 Å². The summed E-state index contributed by atoms with van der Waals surface area (Å²) in [6.07, 6.45) is 1.56. The van der Waals surface area contributed by atoms with Crippen LogP contribution in [-0.4, -0.2) is 6.61 Å². The van der Waals surface area contributed by atoms with E-state index in [2.05, 4.69) is 26.3 Å². The molecule has 0 saturated carbocycles. The number of rotatable bonds is 3. The zero-order chi connectivity index (χ0) is 10.1. The Balaban J connectivity index is 0.000000671. The van der Waals surface area contributed by atoms with Gasteiger partial charge in [-0.1, -0.05) is 12.7 Å². The van der Waals surface area contributed by atoms with Crippen molar-refractivity contribution in [2.75, 3.05) is 6.61 Å².